The Bertz CT molecular complexity index is 710. The number of aromatic nitrogens is 3. The van der Waals surface area contributed by atoms with Crippen molar-refractivity contribution in [2.75, 3.05) is 0 Å². The summed E-state index contributed by atoms with van der Waals surface area (Å²) in [6.45, 7) is 0. The van der Waals surface area contributed by atoms with Gasteiger partial charge in [-0.15, -0.1) is 5.10 Å². The van der Waals surface area contributed by atoms with Crippen molar-refractivity contribution in [2.24, 2.45) is 0 Å². The lowest BCUT2D eigenvalue weighted by Crippen LogP contribution is -2.04. The van der Waals surface area contributed by atoms with E-state index in [0.717, 1.165) is 12.1 Å². The van der Waals surface area contributed by atoms with E-state index >= 15 is 0 Å². The Kier molecular flexibility index (Phi) is 3.74. The summed E-state index contributed by atoms with van der Waals surface area (Å²) in [6.07, 6.45) is -4.29. The van der Waals surface area contributed by atoms with Crippen molar-refractivity contribution < 1.29 is 21.6 Å². The molecular formula is C10H7ClF3N3O2S. The van der Waals surface area contributed by atoms with Crippen LogP contribution in [0.15, 0.2) is 29.4 Å². The normalized spacial score (nSPS) is 12.6. The molecule has 2 aromatic rings. The van der Waals surface area contributed by atoms with Crippen LogP contribution >= 0.6 is 10.7 Å². The highest BCUT2D eigenvalue weighted by Gasteiger charge is 2.29. The summed E-state index contributed by atoms with van der Waals surface area (Å²) in [5, 5.41) is 5.19. The Hall–Kier alpha value is -1.61. The predicted octanol–water partition coefficient (Wildman–Crippen LogP) is 2.34. The van der Waals surface area contributed by atoms with Gasteiger partial charge in [-0.3, -0.25) is 5.10 Å². The Morgan fingerprint density at radius 3 is 2.25 bits per heavy atom. The zero-order chi connectivity index (χ0) is 15.0. The molecule has 0 aliphatic carbocycles. The minimum Gasteiger partial charge on any atom is -0.262 e. The quantitative estimate of drug-likeness (QED) is 0.879. The molecule has 1 aromatic heterocycles. The number of nitrogens with zero attached hydrogens (tertiary/aromatic N) is 2. The fourth-order valence-electron chi connectivity index (χ4n) is 1.47. The molecule has 0 aliphatic heterocycles. The first-order chi connectivity index (χ1) is 9.16. The van der Waals surface area contributed by atoms with E-state index in [9.17, 15) is 21.6 Å². The summed E-state index contributed by atoms with van der Waals surface area (Å²) in [6, 6.07) is 4.43. The fourth-order valence-corrected chi connectivity index (χ4v) is 2.05. The van der Waals surface area contributed by atoms with Crippen molar-refractivity contribution in [2.45, 2.75) is 17.8 Å². The Morgan fingerprint density at radius 2 is 1.80 bits per heavy atom. The topological polar surface area (TPSA) is 75.7 Å². The number of aromatic amines is 1. The molecule has 0 radical (unpaired) electrons. The molecule has 1 heterocycles. The zero-order valence-corrected chi connectivity index (χ0v) is 11.2. The van der Waals surface area contributed by atoms with Gasteiger partial charge in [0.1, 0.15) is 5.82 Å². The fraction of sp³-hybridized carbons (Fsp3) is 0.200. The van der Waals surface area contributed by atoms with Crippen LogP contribution in [0.25, 0.3) is 0 Å². The van der Waals surface area contributed by atoms with Gasteiger partial charge in [-0.2, -0.15) is 13.2 Å². The Balaban J connectivity index is 2.17. The molecule has 0 spiro atoms. The van der Waals surface area contributed by atoms with Crippen LogP contribution in [-0.4, -0.2) is 23.6 Å². The zero-order valence-electron chi connectivity index (χ0n) is 9.65. The number of benzene rings is 1. The van der Waals surface area contributed by atoms with Crippen LogP contribution < -0.4 is 0 Å². The summed E-state index contributed by atoms with van der Waals surface area (Å²) in [5.41, 5.74) is -0.240. The number of hydrogen-bond donors (Lipinski definition) is 1. The van der Waals surface area contributed by atoms with Gasteiger partial charge < -0.3 is 0 Å². The van der Waals surface area contributed by atoms with Crippen molar-refractivity contribution in [3.8, 4) is 0 Å². The molecule has 1 N–H and O–H groups in total. The van der Waals surface area contributed by atoms with Gasteiger partial charge in [0.25, 0.3) is 14.2 Å². The molecule has 0 unspecified atom stereocenters. The van der Waals surface area contributed by atoms with Crippen molar-refractivity contribution in [3.05, 3.63) is 41.2 Å². The second-order valence-electron chi connectivity index (χ2n) is 3.87. The lowest BCUT2D eigenvalue weighted by Gasteiger charge is -2.06. The maximum Gasteiger partial charge on any atom is 0.416 e. The van der Waals surface area contributed by atoms with Crippen LogP contribution in [0.4, 0.5) is 13.2 Å². The van der Waals surface area contributed by atoms with E-state index in [2.05, 4.69) is 15.2 Å². The van der Waals surface area contributed by atoms with E-state index in [-0.39, 0.29) is 12.2 Å². The van der Waals surface area contributed by atoms with E-state index in [1.54, 1.807) is 0 Å². The largest absolute Gasteiger partial charge is 0.416 e. The molecular weight excluding hydrogens is 319 g/mol. The van der Waals surface area contributed by atoms with E-state index in [1.165, 1.54) is 12.1 Å². The van der Waals surface area contributed by atoms with Gasteiger partial charge in [0.05, 0.1) is 5.56 Å². The second kappa shape index (κ2) is 5.06. The van der Waals surface area contributed by atoms with Crippen molar-refractivity contribution in [1.29, 1.82) is 0 Å². The maximum atomic E-state index is 12.4. The standard InChI is InChI=1S/C10H7ClF3N3O2S/c11-20(18,19)9-15-8(16-17-9)5-6-1-3-7(4-2-6)10(12,13)14/h1-4H,5H2,(H,15,16,17). The SMILES string of the molecule is O=S(=O)(Cl)c1n[nH]c(Cc2ccc(C(F)(F)F)cc2)n1. The molecule has 0 amide bonds. The maximum absolute atomic E-state index is 12.4. The average molecular weight is 326 g/mol. The van der Waals surface area contributed by atoms with Crippen LogP contribution in [0.3, 0.4) is 0 Å². The smallest absolute Gasteiger partial charge is 0.262 e. The summed E-state index contributed by atoms with van der Waals surface area (Å²) in [5.74, 6) is 0.184. The molecule has 0 aliphatic rings. The van der Waals surface area contributed by atoms with Crippen LogP contribution in [0.5, 0.6) is 0 Å². The van der Waals surface area contributed by atoms with Gasteiger partial charge in [0.15, 0.2) is 0 Å². The number of hydrogen-bond acceptors (Lipinski definition) is 4. The highest BCUT2D eigenvalue weighted by molar-refractivity contribution is 8.13. The molecule has 10 heteroatoms. The summed E-state index contributed by atoms with van der Waals surface area (Å²) in [7, 11) is 1.02. The van der Waals surface area contributed by atoms with Crippen molar-refractivity contribution in [1.82, 2.24) is 15.2 Å². The van der Waals surface area contributed by atoms with Gasteiger partial charge in [-0.1, -0.05) is 12.1 Å². The molecule has 0 saturated heterocycles. The third-order valence-electron chi connectivity index (χ3n) is 2.38. The van der Waals surface area contributed by atoms with E-state index in [4.69, 9.17) is 10.7 Å². The van der Waals surface area contributed by atoms with Gasteiger partial charge in [0.2, 0.25) is 0 Å². The minimum absolute atomic E-state index is 0.109. The number of nitrogens with one attached hydrogen (secondary N) is 1. The van der Waals surface area contributed by atoms with Gasteiger partial charge >= 0.3 is 6.18 Å². The molecule has 20 heavy (non-hydrogen) atoms. The molecule has 0 atom stereocenters. The van der Waals surface area contributed by atoms with E-state index in [0.29, 0.717) is 5.56 Å². The Morgan fingerprint density at radius 1 is 1.20 bits per heavy atom. The first-order valence-corrected chi connectivity index (χ1v) is 7.49. The highest BCUT2D eigenvalue weighted by Crippen LogP contribution is 2.29. The molecule has 108 valence electrons. The monoisotopic (exact) mass is 325 g/mol. The van der Waals surface area contributed by atoms with Crippen LogP contribution in [0.1, 0.15) is 17.0 Å². The van der Waals surface area contributed by atoms with Crippen LogP contribution in [0, 0.1) is 0 Å². The molecule has 0 bridgehead atoms. The summed E-state index contributed by atoms with van der Waals surface area (Å²) in [4.78, 5) is 3.64. The average Bonchev–Trinajstić information content (AvgIpc) is 2.77. The molecule has 0 saturated carbocycles. The summed E-state index contributed by atoms with van der Waals surface area (Å²) >= 11 is 0. The number of H-pyrrole nitrogens is 1. The molecule has 0 fully saturated rings. The second-order valence-corrected chi connectivity index (χ2v) is 6.33. The minimum atomic E-state index is -4.40. The number of alkyl halides is 3. The van der Waals surface area contributed by atoms with Crippen LogP contribution in [0.2, 0.25) is 0 Å². The lowest BCUT2D eigenvalue weighted by molar-refractivity contribution is -0.137. The third-order valence-corrected chi connectivity index (χ3v) is 3.41. The van der Waals surface area contributed by atoms with Crippen LogP contribution in [-0.2, 0) is 21.6 Å². The Labute approximate surface area is 116 Å². The van der Waals surface area contributed by atoms with Crippen molar-refractivity contribution >= 4 is 19.7 Å². The van der Waals surface area contributed by atoms with Gasteiger partial charge in [-0.05, 0) is 17.7 Å². The van der Waals surface area contributed by atoms with E-state index < -0.39 is 25.9 Å². The van der Waals surface area contributed by atoms with Gasteiger partial charge in [0, 0.05) is 17.1 Å². The first-order valence-electron chi connectivity index (χ1n) is 5.18. The third kappa shape index (κ3) is 3.48. The molecule has 1 aromatic carbocycles. The van der Waals surface area contributed by atoms with E-state index in [1.807, 2.05) is 0 Å². The number of halogens is 4. The summed E-state index contributed by atoms with van der Waals surface area (Å²) < 4.78 is 59.0. The first kappa shape index (κ1) is 14.8. The highest BCUT2D eigenvalue weighted by atomic mass is 35.7. The van der Waals surface area contributed by atoms with Gasteiger partial charge in [-0.25, -0.2) is 13.4 Å². The molecule has 2 rings (SSSR count). The molecule has 5 nitrogen and oxygen atoms in total. The predicted molar refractivity (Wildman–Crippen MR) is 63.7 cm³/mol. The van der Waals surface area contributed by atoms with Crippen molar-refractivity contribution in [3.63, 3.8) is 0 Å². The lowest BCUT2D eigenvalue weighted by atomic mass is 10.1. The number of rotatable bonds is 3.